The summed E-state index contributed by atoms with van der Waals surface area (Å²) in [6.07, 6.45) is 14.8. The van der Waals surface area contributed by atoms with E-state index in [1.165, 1.54) is 75.6 Å². The van der Waals surface area contributed by atoms with Gasteiger partial charge in [0, 0.05) is 32.7 Å². The maximum absolute atomic E-state index is 12.2. The number of rotatable bonds is 6. The van der Waals surface area contributed by atoms with Crippen LogP contribution in [0, 0.1) is 51.2 Å². The molecule has 0 saturated heterocycles. The summed E-state index contributed by atoms with van der Waals surface area (Å²) in [5, 5.41) is 0. The average molecular weight is 684 g/mol. The fraction of sp³-hybridized carbons (Fsp3) is 0.590. The van der Waals surface area contributed by atoms with Crippen LogP contribution in [-0.2, 0) is 48.7 Å². The molecule has 4 atom stereocenters. The second-order valence-electron chi connectivity index (χ2n) is 11.8. The predicted octanol–water partition coefficient (Wildman–Crippen LogP) is 9.31. The fourth-order valence-corrected chi connectivity index (χ4v) is 5.67. The Morgan fingerprint density at radius 2 is 1.73 bits per heavy atom. The largest absolute Gasteiger partial charge is 0.507 e. The van der Waals surface area contributed by atoms with Gasteiger partial charge in [0.15, 0.2) is 0 Å². The van der Waals surface area contributed by atoms with Crippen LogP contribution in [0.5, 0.6) is 0 Å². The molecule has 1 radical (unpaired) electrons. The first-order chi connectivity index (χ1) is 19.8. The van der Waals surface area contributed by atoms with Gasteiger partial charge in [0.1, 0.15) is 6.29 Å². The first kappa shape index (κ1) is 49.6. The molecule has 3 rings (SSSR count). The number of allylic oxidation sites excluding steroid dienone is 4. The molecule has 0 fully saturated rings. The smallest absolute Gasteiger partial charge is 0.116 e. The van der Waals surface area contributed by atoms with Gasteiger partial charge in [0.25, 0.3) is 0 Å². The number of aldehydes is 1. The van der Waals surface area contributed by atoms with Gasteiger partial charge < -0.3 is 34.6 Å². The van der Waals surface area contributed by atoms with Crippen LogP contribution in [0.1, 0.15) is 123 Å². The van der Waals surface area contributed by atoms with Crippen LogP contribution in [0.15, 0.2) is 41.5 Å². The molecule has 44 heavy (non-hydrogen) atoms. The minimum Gasteiger partial charge on any atom is -0.507 e. The van der Waals surface area contributed by atoms with Crippen LogP contribution in [0.4, 0.5) is 0 Å². The van der Waals surface area contributed by atoms with Crippen molar-refractivity contribution in [3.63, 3.8) is 0 Å². The van der Waals surface area contributed by atoms with Crippen molar-refractivity contribution in [3.8, 4) is 0 Å². The van der Waals surface area contributed by atoms with E-state index in [1.807, 2.05) is 20.8 Å². The maximum atomic E-state index is 12.2. The first-order valence-electron chi connectivity index (χ1n) is 15.7. The molecule has 251 valence electrons. The van der Waals surface area contributed by atoms with E-state index in [2.05, 4.69) is 84.2 Å². The normalized spacial score (nSPS) is 21.9. The van der Waals surface area contributed by atoms with Crippen molar-refractivity contribution in [2.45, 2.75) is 126 Å². The molecular formula is C39H66N2O2Y-4. The van der Waals surface area contributed by atoms with E-state index in [4.69, 9.17) is 10.5 Å². The Morgan fingerprint density at radius 3 is 2.16 bits per heavy atom. The molecule has 1 aromatic rings. The van der Waals surface area contributed by atoms with Crippen molar-refractivity contribution in [2.24, 2.45) is 29.2 Å². The molecule has 5 heteroatoms. The van der Waals surface area contributed by atoms with E-state index >= 15 is 0 Å². The molecule has 4 nitrogen and oxygen atoms in total. The summed E-state index contributed by atoms with van der Waals surface area (Å²) in [6.45, 7) is 27.3. The zero-order valence-electron chi connectivity index (χ0n) is 30.5. The number of unbranched alkanes of at least 4 members (excludes halogenated alkanes) is 2. The van der Waals surface area contributed by atoms with Crippen LogP contribution in [0.3, 0.4) is 0 Å². The molecular weight excluding hydrogens is 617 g/mol. The topological polar surface area (TPSA) is 86.2 Å². The summed E-state index contributed by atoms with van der Waals surface area (Å²) in [7, 11) is 1.50. The molecule has 0 aliphatic heterocycles. The van der Waals surface area contributed by atoms with E-state index in [1.54, 1.807) is 12.5 Å². The summed E-state index contributed by atoms with van der Waals surface area (Å²) in [5.74, 6) is 1.29. The third-order valence-electron chi connectivity index (χ3n) is 8.48. The Balaban J connectivity index is -0.000000288. The molecule has 2 aliphatic carbocycles. The summed E-state index contributed by atoms with van der Waals surface area (Å²) >= 11 is 0. The van der Waals surface area contributed by atoms with E-state index in [-0.39, 0.29) is 63.7 Å². The first-order valence-corrected chi connectivity index (χ1v) is 15.7. The number of ketones is 1. The summed E-state index contributed by atoms with van der Waals surface area (Å²) in [4.78, 5) is 21.0. The van der Waals surface area contributed by atoms with Crippen LogP contribution in [0.25, 0.3) is 0 Å². The van der Waals surface area contributed by atoms with E-state index in [9.17, 15) is 4.79 Å². The molecule has 0 spiro atoms. The zero-order valence-corrected chi connectivity index (χ0v) is 33.4. The van der Waals surface area contributed by atoms with Crippen molar-refractivity contribution < 1.29 is 42.3 Å². The van der Waals surface area contributed by atoms with E-state index < -0.39 is 5.54 Å². The van der Waals surface area contributed by atoms with Crippen LogP contribution >= 0.6 is 0 Å². The Hall–Kier alpha value is -1.33. The van der Waals surface area contributed by atoms with Crippen molar-refractivity contribution >= 4 is 12.1 Å². The number of carbonyl (C=O) groups is 2. The van der Waals surface area contributed by atoms with Gasteiger partial charge in [-0.15, -0.1) is 6.92 Å². The SMILES string of the molecule is C=[C-]C.CC=O.CCCCCc1c[c-]c(C2C=C(C)CCC2)c(C)c1.CN.[CH2-]C1=C(C)C(=O)C(N)(C(C)C)C(C)C1C.[CH3-].[Y]. The van der Waals surface area contributed by atoms with Gasteiger partial charge in [-0.25, -0.2) is 12.5 Å². The minimum atomic E-state index is -0.718. The third kappa shape index (κ3) is 15.3. The molecule has 0 aromatic heterocycles. The standard InChI is InChI=1S/C19H27.C13H22NO.C3H5.C2H4O.CH5N.CH3.Y/c1-4-5-6-9-17-11-12-19(16(3)14-17)18-10-7-8-15(2)13-18;1-7(2)13(14)11(6)9(4)8(3)10(5)12(13)15;1-3-2;1-2-3;1-2;;/h11,13-14,18H,4-10H2,1-3H3;7,9,11H,3,14H2,1-2,4-6H3;1H2,2H3;2H,1H3;2H2,1H3;1H3;/q3*-1;;;-1;. The molecule has 0 saturated carbocycles. The van der Waals surface area contributed by atoms with Crippen molar-refractivity contribution in [2.75, 3.05) is 7.05 Å². The number of benzene rings is 1. The van der Waals surface area contributed by atoms with Gasteiger partial charge in [0.05, 0.1) is 11.3 Å². The number of Topliss-reactive ketones (excluding diaryl/α,β-unsaturated/α-hetero) is 1. The number of hydrogen-bond acceptors (Lipinski definition) is 4. The predicted molar refractivity (Wildman–Crippen MR) is 190 cm³/mol. The Morgan fingerprint density at radius 1 is 1.20 bits per heavy atom. The second kappa shape index (κ2) is 26.8. The molecule has 0 amide bonds. The molecule has 1 aromatic carbocycles. The van der Waals surface area contributed by atoms with E-state index in [0.29, 0.717) is 5.92 Å². The van der Waals surface area contributed by atoms with Gasteiger partial charge in [-0.1, -0.05) is 78.9 Å². The van der Waals surface area contributed by atoms with Gasteiger partial charge in [-0.2, -0.15) is 47.4 Å². The molecule has 0 bridgehead atoms. The van der Waals surface area contributed by atoms with Gasteiger partial charge in [0.2, 0.25) is 0 Å². The number of hydrogen-bond donors (Lipinski definition) is 2. The Kier molecular flexibility index (Phi) is 30.2. The summed E-state index contributed by atoms with van der Waals surface area (Å²) in [5.41, 5.74) is 17.7. The monoisotopic (exact) mass is 683 g/mol. The minimum absolute atomic E-state index is 0. The second-order valence-corrected chi connectivity index (χ2v) is 11.8. The molecule has 4 unspecified atom stereocenters. The van der Waals surface area contributed by atoms with Crippen molar-refractivity contribution in [1.82, 2.24) is 0 Å². The van der Waals surface area contributed by atoms with Crippen LogP contribution < -0.4 is 11.5 Å². The molecule has 2 aliphatic rings. The zero-order chi connectivity index (χ0) is 33.0. The van der Waals surface area contributed by atoms with Gasteiger partial charge in [-0.3, -0.25) is 6.58 Å². The van der Waals surface area contributed by atoms with Crippen molar-refractivity contribution in [1.29, 1.82) is 0 Å². The summed E-state index contributed by atoms with van der Waals surface area (Å²) in [6, 6.07) is 8.20. The average Bonchev–Trinajstić information content (AvgIpc) is 2.96. The number of aryl methyl sites for hydroxylation is 2. The number of nitrogens with two attached hydrogens (primary N) is 2. The van der Waals surface area contributed by atoms with Gasteiger partial charge >= 0.3 is 0 Å². The Labute approximate surface area is 299 Å². The molecule has 4 N–H and O–H groups in total. The quantitative estimate of drug-likeness (QED) is 0.135. The molecule has 0 heterocycles. The van der Waals surface area contributed by atoms with E-state index in [0.717, 1.165) is 17.4 Å². The Bertz CT molecular complexity index is 1010. The number of carbonyl (C=O) groups excluding carboxylic acids is 2. The fourth-order valence-electron chi connectivity index (χ4n) is 5.67. The van der Waals surface area contributed by atoms with Crippen molar-refractivity contribution in [3.05, 3.63) is 84.7 Å². The summed E-state index contributed by atoms with van der Waals surface area (Å²) < 4.78 is 0. The third-order valence-corrected chi connectivity index (χ3v) is 8.48. The van der Waals surface area contributed by atoms with Gasteiger partial charge in [-0.05, 0) is 63.8 Å². The van der Waals surface area contributed by atoms with Crippen LogP contribution in [0.2, 0.25) is 0 Å². The van der Waals surface area contributed by atoms with Crippen LogP contribution in [-0.4, -0.2) is 24.7 Å². The maximum Gasteiger partial charge on any atom is 0.116 e.